The van der Waals surface area contributed by atoms with Gasteiger partial charge < -0.3 is 45.2 Å². The van der Waals surface area contributed by atoms with Crippen molar-refractivity contribution in [1.29, 1.82) is 0 Å². The average molecular weight is 1170 g/mol. The molecule has 4 aliphatic rings. The summed E-state index contributed by atoms with van der Waals surface area (Å²) in [5, 5.41) is 11.6. The van der Waals surface area contributed by atoms with Gasteiger partial charge in [-0.2, -0.15) is 33.5 Å². The first-order valence-electron chi connectivity index (χ1n) is 28.8. The molecule has 444 valence electrons. The predicted octanol–water partition coefficient (Wildman–Crippen LogP) is 5.33. The predicted molar refractivity (Wildman–Crippen MR) is 334 cm³/mol. The Morgan fingerprint density at radius 1 is 0.530 bits per heavy atom. The maximum absolute atomic E-state index is 12.9. The van der Waals surface area contributed by atoms with E-state index >= 15 is 0 Å². The first-order chi connectivity index (χ1) is 40.2. The number of carbonyl (C=O) groups is 3. The third-order valence-corrected chi connectivity index (χ3v) is 16.5. The van der Waals surface area contributed by atoms with E-state index < -0.39 is 5.60 Å². The molecule has 3 N–H and O–H groups in total. The minimum absolute atomic E-state index is 0.0484. The van der Waals surface area contributed by atoms with Crippen LogP contribution in [-0.4, -0.2) is 219 Å². The number of aromatic nitrogens is 6. The fourth-order valence-electron chi connectivity index (χ4n) is 10.5. The number of nitrogens with one attached hydrogen (secondary N) is 3. The largest absolute Gasteiger partial charge is 0.444 e. The van der Waals surface area contributed by atoms with Crippen LogP contribution in [0.4, 0.5) is 39.4 Å². The van der Waals surface area contributed by atoms with Crippen LogP contribution >= 0.6 is 23.5 Å². The van der Waals surface area contributed by atoms with Crippen molar-refractivity contribution in [3.63, 3.8) is 0 Å². The molecule has 83 heavy (non-hydrogen) atoms. The number of hydrogen-bond acceptors (Lipinski definition) is 19. The van der Waals surface area contributed by atoms with E-state index in [9.17, 15) is 24.0 Å². The van der Waals surface area contributed by atoms with Gasteiger partial charge in [0.25, 0.3) is 11.1 Å². The van der Waals surface area contributed by atoms with Crippen LogP contribution in [0.15, 0.2) is 94.8 Å². The summed E-state index contributed by atoms with van der Waals surface area (Å²) in [4.78, 5) is 96.0. The van der Waals surface area contributed by atoms with Gasteiger partial charge in [-0.05, 0) is 93.9 Å². The van der Waals surface area contributed by atoms with Crippen LogP contribution in [0.2, 0.25) is 0 Å². The van der Waals surface area contributed by atoms with E-state index in [-0.39, 0.29) is 29.0 Å². The van der Waals surface area contributed by atoms with E-state index in [2.05, 4.69) is 69.8 Å². The Morgan fingerprint density at radius 2 is 0.940 bits per heavy atom. The zero-order chi connectivity index (χ0) is 58.3. The Labute approximate surface area is 494 Å². The van der Waals surface area contributed by atoms with Gasteiger partial charge in [-0.25, -0.2) is 14.8 Å². The molecule has 8 heterocycles. The first-order valence-corrected chi connectivity index (χ1v) is 31.6. The molecule has 24 heteroatoms. The minimum Gasteiger partial charge on any atom is -0.444 e. The fraction of sp³-hybridized carbons (Fsp3) is 0.508. The number of fused-ring (bicyclic) bond motifs is 2. The molecule has 2 aromatic carbocycles. The Morgan fingerprint density at radius 3 is 1.35 bits per heavy atom. The molecule has 3 amide bonds. The Hall–Kier alpha value is -6.99. The lowest BCUT2D eigenvalue weighted by atomic mass is 10.2. The molecule has 4 aliphatic heterocycles. The van der Waals surface area contributed by atoms with Gasteiger partial charge >= 0.3 is 6.09 Å². The summed E-state index contributed by atoms with van der Waals surface area (Å²) in [7, 11) is 0. The van der Waals surface area contributed by atoms with Gasteiger partial charge in [0, 0.05) is 213 Å². The molecule has 0 aliphatic carbocycles. The van der Waals surface area contributed by atoms with Crippen LogP contribution in [0.5, 0.6) is 0 Å². The molecule has 4 saturated heterocycles. The number of nitrogens with zero attached hydrogens (tertiary/aromatic N) is 13. The highest BCUT2D eigenvalue weighted by molar-refractivity contribution is 7.98. The molecule has 0 spiro atoms. The normalized spacial score (nSPS) is 16.4. The van der Waals surface area contributed by atoms with Crippen molar-refractivity contribution in [2.24, 2.45) is 0 Å². The summed E-state index contributed by atoms with van der Waals surface area (Å²) in [6.07, 6.45) is 8.48. The molecule has 0 bridgehead atoms. The molecule has 4 fully saturated rings. The molecule has 0 atom stereocenters. The van der Waals surface area contributed by atoms with Crippen LogP contribution in [-0.2, 0) is 27.4 Å². The summed E-state index contributed by atoms with van der Waals surface area (Å²) < 4.78 is 8.94. The fourth-order valence-corrected chi connectivity index (χ4v) is 11.2. The smallest absolute Gasteiger partial charge is 0.410 e. The number of piperazine rings is 4. The standard InChI is InChI=1S/C32H44N8O4S.C27H36N8O2S/c1-32(2,3)44-31(43)39-15-12-36(13-16-39)14-21-40-28(42)10-5-24-23-33-30(35-29(24)40)34-25-6-8-26(9-7-25)37-17-19-38(20-18-37)27(41)11-22-45-4;1-38-19-8-24(36)34-16-14-33(15-17-34)23-5-3-22(4-6-23)30-27-29-20-21-2-7-25(37)35(26(21)31-27)18-13-32-11-9-28-10-12-32/h5-10,23H,11-22H2,1-4H3,(H,33,34,35);2-7,20,28H,8-19H2,1H3,(H,29,30,31). The highest BCUT2D eigenvalue weighted by atomic mass is 32.2. The van der Waals surface area contributed by atoms with Crippen molar-refractivity contribution in [2.75, 3.05) is 162 Å². The number of anilines is 6. The quantitative estimate of drug-likeness (QED) is 0.0992. The molecule has 4 aromatic heterocycles. The third-order valence-electron chi connectivity index (χ3n) is 15.2. The molecule has 6 aromatic rings. The number of hydrogen-bond donors (Lipinski definition) is 3. The average Bonchev–Trinajstić information content (AvgIpc) is 3.57. The van der Waals surface area contributed by atoms with Crippen LogP contribution in [0, 0.1) is 0 Å². The number of rotatable bonds is 18. The monoisotopic (exact) mass is 1170 g/mol. The van der Waals surface area contributed by atoms with Crippen LogP contribution in [0.1, 0.15) is 33.6 Å². The molecule has 10 rings (SSSR count). The summed E-state index contributed by atoms with van der Waals surface area (Å²) >= 11 is 3.41. The number of benzene rings is 2. The number of ether oxygens (including phenoxy) is 1. The Bertz CT molecular complexity index is 3240. The highest BCUT2D eigenvalue weighted by Crippen LogP contribution is 2.25. The molecular formula is C59H80N16O6S2. The Balaban J connectivity index is 0.000000202. The first kappa shape index (κ1) is 60.6. The van der Waals surface area contributed by atoms with E-state index in [1.807, 2.05) is 67.3 Å². The lowest BCUT2D eigenvalue weighted by molar-refractivity contribution is -0.131. The van der Waals surface area contributed by atoms with Crippen LogP contribution < -0.4 is 36.9 Å². The summed E-state index contributed by atoms with van der Waals surface area (Å²) in [6.45, 7) is 21.0. The highest BCUT2D eigenvalue weighted by Gasteiger charge is 2.27. The molecular weight excluding hydrogens is 1090 g/mol. The molecule has 22 nitrogen and oxygen atoms in total. The van der Waals surface area contributed by atoms with Gasteiger partial charge in [0.2, 0.25) is 23.7 Å². The maximum atomic E-state index is 12.9. The van der Waals surface area contributed by atoms with Gasteiger partial charge in [0.05, 0.1) is 0 Å². The van der Waals surface area contributed by atoms with Gasteiger partial charge in [0.1, 0.15) is 16.9 Å². The molecule has 0 saturated carbocycles. The zero-order valence-electron chi connectivity index (χ0n) is 48.6. The van der Waals surface area contributed by atoms with Crippen molar-refractivity contribution >= 4 is 98.1 Å². The van der Waals surface area contributed by atoms with Crippen LogP contribution in [0.25, 0.3) is 22.1 Å². The van der Waals surface area contributed by atoms with Crippen molar-refractivity contribution in [1.82, 2.24) is 58.9 Å². The SMILES string of the molecule is CSCCC(=O)N1CCN(c2ccc(Nc3ncc4ccc(=O)n(CCN5CCN(C(=O)OC(C)(C)C)CC5)c4n3)cc2)CC1.CSCCC(=O)N1CCN(c2ccc(Nc3ncc4ccc(=O)n(CCN5CCNCC5)c4n3)cc2)CC1. The van der Waals surface area contributed by atoms with Crippen molar-refractivity contribution < 1.29 is 19.1 Å². The second-order valence-electron chi connectivity index (χ2n) is 22.1. The van der Waals surface area contributed by atoms with Gasteiger partial charge in [-0.15, -0.1) is 0 Å². The Kier molecular flexibility index (Phi) is 21.2. The lowest BCUT2D eigenvalue weighted by Gasteiger charge is -2.36. The van der Waals surface area contributed by atoms with Gasteiger partial charge in [-0.3, -0.25) is 38.1 Å². The van der Waals surface area contributed by atoms with E-state index in [1.165, 1.54) is 0 Å². The number of thioether (sulfide) groups is 2. The molecule has 0 unspecified atom stereocenters. The van der Waals surface area contributed by atoms with E-state index in [0.717, 1.165) is 130 Å². The third kappa shape index (κ3) is 16.9. The second-order valence-corrected chi connectivity index (χ2v) is 24.0. The van der Waals surface area contributed by atoms with Crippen molar-refractivity contribution in [3.8, 4) is 0 Å². The summed E-state index contributed by atoms with van der Waals surface area (Å²) in [5.41, 5.74) is 4.50. The second kappa shape index (κ2) is 29.0. The minimum atomic E-state index is -0.519. The zero-order valence-corrected chi connectivity index (χ0v) is 50.3. The van der Waals surface area contributed by atoms with E-state index in [4.69, 9.17) is 14.7 Å². The molecule has 0 radical (unpaired) electrons. The van der Waals surface area contributed by atoms with E-state index in [0.29, 0.717) is 81.8 Å². The van der Waals surface area contributed by atoms with Crippen LogP contribution in [0.3, 0.4) is 0 Å². The maximum Gasteiger partial charge on any atom is 0.410 e. The number of pyridine rings is 2. The van der Waals surface area contributed by atoms with Crippen molar-refractivity contribution in [2.45, 2.75) is 52.3 Å². The summed E-state index contributed by atoms with van der Waals surface area (Å²) in [5.74, 6) is 3.11. The lowest BCUT2D eigenvalue weighted by Crippen LogP contribution is -2.50. The topological polar surface area (TPSA) is 215 Å². The number of carbonyl (C=O) groups excluding carboxylic acids is 3. The van der Waals surface area contributed by atoms with Gasteiger partial charge in [0.15, 0.2) is 0 Å². The number of amides is 3. The van der Waals surface area contributed by atoms with Crippen molar-refractivity contribution in [3.05, 3.63) is 106 Å². The summed E-state index contributed by atoms with van der Waals surface area (Å²) in [6, 6.07) is 23.0. The van der Waals surface area contributed by atoms with E-state index in [1.54, 1.807) is 74.2 Å². The van der Waals surface area contributed by atoms with Gasteiger partial charge in [-0.1, -0.05) is 0 Å².